The number of benzene rings is 2. The summed E-state index contributed by atoms with van der Waals surface area (Å²) in [7, 11) is 0. The van der Waals surface area contributed by atoms with Gasteiger partial charge in [0.05, 0.1) is 0 Å². The topological polar surface area (TPSA) is 3.24 Å². The fourth-order valence-electron chi connectivity index (χ4n) is 5.15. The van der Waals surface area contributed by atoms with Gasteiger partial charge in [0.15, 0.2) is 0 Å². The number of rotatable bonds is 21. The molecule has 2 rings (SSSR count). The molecule has 0 fully saturated rings. The van der Waals surface area contributed by atoms with E-state index in [1.807, 2.05) is 0 Å². The number of hydrogen-bond acceptors (Lipinski definition) is 1. The summed E-state index contributed by atoms with van der Waals surface area (Å²) in [4.78, 5) is 2.66. The Morgan fingerprint density at radius 3 is 1.17 bits per heavy atom. The minimum Gasteiger partial charge on any atom is -0.295 e. The van der Waals surface area contributed by atoms with Gasteiger partial charge in [0, 0.05) is 13.1 Å². The van der Waals surface area contributed by atoms with Crippen molar-refractivity contribution in [2.75, 3.05) is 6.54 Å². The van der Waals surface area contributed by atoms with Crippen molar-refractivity contribution in [2.24, 2.45) is 0 Å². The van der Waals surface area contributed by atoms with Gasteiger partial charge >= 0.3 is 0 Å². The van der Waals surface area contributed by atoms with Crippen LogP contribution in [0.25, 0.3) is 0 Å². The minimum absolute atomic E-state index is 1.06. The van der Waals surface area contributed by atoms with Crippen LogP contribution in [-0.4, -0.2) is 11.4 Å². The van der Waals surface area contributed by atoms with Crippen molar-refractivity contribution in [2.45, 2.75) is 137 Å². The fraction of sp³-hybridized carbons (Fsp3) is 0.647. The zero-order valence-corrected chi connectivity index (χ0v) is 23.5. The molecule has 1 heteroatoms. The highest BCUT2D eigenvalue weighted by Crippen LogP contribution is 2.18. The van der Waals surface area contributed by atoms with Crippen LogP contribution < -0.4 is 0 Å². The first-order chi connectivity index (χ1) is 17.2. The third kappa shape index (κ3) is 13.9. The molecule has 0 N–H and O–H groups in total. The highest BCUT2D eigenvalue weighted by Gasteiger charge is 2.10. The molecule has 2 aromatic rings. The van der Waals surface area contributed by atoms with E-state index in [-0.39, 0.29) is 0 Å². The van der Waals surface area contributed by atoms with E-state index < -0.39 is 0 Å². The van der Waals surface area contributed by atoms with Crippen molar-refractivity contribution >= 4 is 0 Å². The van der Waals surface area contributed by atoms with Crippen LogP contribution in [0, 0.1) is 13.8 Å². The van der Waals surface area contributed by atoms with Crippen molar-refractivity contribution in [3.8, 4) is 0 Å². The Labute approximate surface area is 218 Å². The Kier molecular flexibility index (Phi) is 16.6. The SMILES string of the molecule is CCCCCCCCCCCCCCCCCCN(Cc1ccccc1C)Cc1ccccc1C. The van der Waals surface area contributed by atoms with Crippen molar-refractivity contribution < 1.29 is 0 Å². The highest BCUT2D eigenvalue weighted by atomic mass is 15.1. The summed E-state index contributed by atoms with van der Waals surface area (Å²) in [6.45, 7) is 10.1. The molecule has 0 aromatic heterocycles. The van der Waals surface area contributed by atoms with E-state index in [9.17, 15) is 0 Å². The van der Waals surface area contributed by atoms with Crippen molar-refractivity contribution in [3.63, 3.8) is 0 Å². The second-order valence-corrected chi connectivity index (χ2v) is 10.9. The summed E-state index contributed by atoms with van der Waals surface area (Å²) >= 11 is 0. The van der Waals surface area contributed by atoms with Crippen LogP contribution in [0.3, 0.4) is 0 Å². The Morgan fingerprint density at radius 1 is 0.457 bits per heavy atom. The first-order valence-electron chi connectivity index (χ1n) is 15.0. The number of unbranched alkanes of at least 4 members (excludes halogenated alkanes) is 15. The van der Waals surface area contributed by atoms with Gasteiger partial charge in [0.25, 0.3) is 0 Å². The lowest BCUT2D eigenvalue weighted by atomic mass is 10.0. The summed E-state index contributed by atoms with van der Waals surface area (Å²) in [5, 5.41) is 0. The van der Waals surface area contributed by atoms with Crippen LogP contribution in [0.2, 0.25) is 0 Å². The predicted molar refractivity (Wildman–Crippen MR) is 156 cm³/mol. The Balaban J connectivity index is 1.55. The van der Waals surface area contributed by atoms with E-state index in [0.29, 0.717) is 0 Å². The molecule has 0 aliphatic carbocycles. The summed E-state index contributed by atoms with van der Waals surface area (Å²) in [5.74, 6) is 0. The second kappa shape index (κ2) is 19.6. The largest absolute Gasteiger partial charge is 0.295 e. The molecule has 1 nitrogen and oxygen atoms in total. The molecule has 0 saturated heterocycles. The quantitative estimate of drug-likeness (QED) is 0.162. The maximum Gasteiger partial charge on any atom is 0.0239 e. The maximum absolute atomic E-state index is 2.66. The van der Waals surface area contributed by atoms with Crippen LogP contribution in [0.5, 0.6) is 0 Å². The van der Waals surface area contributed by atoms with Crippen molar-refractivity contribution in [3.05, 3.63) is 70.8 Å². The maximum atomic E-state index is 2.66. The molecule has 0 aliphatic rings. The van der Waals surface area contributed by atoms with E-state index in [1.54, 1.807) is 0 Å². The molecule has 196 valence electrons. The molecule has 0 amide bonds. The van der Waals surface area contributed by atoms with Crippen LogP contribution >= 0.6 is 0 Å². The number of nitrogens with zero attached hydrogens (tertiary/aromatic N) is 1. The number of hydrogen-bond donors (Lipinski definition) is 0. The molecular weight excluding hydrogens is 422 g/mol. The summed E-state index contributed by atoms with van der Waals surface area (Å²) in [5.41, 5.74) is 5.76. The van der Waals surface area contributed by atoms with E-state index in [2.05, 4.69) is 74.2 Å². The molecule has 2 aromatic carbocycles. The smallest absolute Gasteiger partial charge is 0.0239 e. The first kappa shape index (κ1) is 29.6. The molecule has 0 atom stereocenters. The van der Waals surface area contributed by atoms with E-state index in [1.165, 1.54) is 132 Å². The summed E-state index contributed by atoms with van der Waals surface area (Å²) in [6, 6.07) is 17.8. The summed E-state index contributed by atoms with van der Waals surface area (Å²) in [6.07, 6.45) is 22.9. The molecule has 0 heterocycles. The van der Waals surface area contributed by atoms with Gasteiger partial charge in [0.2, 0.25) is 0 Å². The van der Waals surface area contributed by atoms with Crippen molar-refractivity contribution in [1.82, 2.24) is 4.90 Å². The van der Waals surface area contributed by atoms with Crippen LogP contribution in [-0.2, 0) is 13.1 Å². The predicted octanol–water partition coefficient (Wildman–Crippen LogP) is 10.6. The lowest BCUT2D eigenvalue weighted by Gasteiger charge is -2.24. The van der Waals surface area contributed by atoms with Crippen molar-refractivity contribution in [1.29, 1.82) is 0 Å². The molecule has 0 bridgehead atoms. The molecule has 0 unspecified atom stereocenters. The summed E-state index contributed by atoms with van der Waals surface area (Å²) < 4.78 is 0. The first-order valence-corrected chi connectivity index (χ1v) is 15.0. The zero-order valence-electron chi connectivity index (χ0n) is 23.5. The van der Waals surface area contributed by atoms with Crippen LogP contribution in [0.4, 0.5) is 0 Å². The monoisotopic (exact) mass is 477 g/mol. The van der Waals surface area contributed by atoms with E-state index in [0.717, 1.165) is 13.1 Å². The van der Waals surface area contributed by atoms with Crippen LogP contribution in [0.15, 0.2) is 48.5 Å². The van der Waals surface area contributed by atoms with Gasteiger partial charge in [-0.2, -0.15) is 0 Å². The number of aryl methyl sites for hydroxylation is 2. The van der Waals surface area contributed by atoms with Gasteiger partial charge < -0.3 is 0 Å². The van der Waals surface area contributed by atoms with Gasteiger partial charge in [0.1, 0.15) is 0 Å². The lowest BCUT2D eigenvalue weighted by molar-refractivity contribution is 0.249. The highest BCUT2D eigenvalue weighted by molar-refractivity contribution is 5.27. The van der Waals surface area contributed by atoms with Crippen LogP contribution in [0.1, 0.15) is 132 Å². The molecule has 0 saturated carbocycles. The van der Waals surface area contributed by atoms with Gasteiger partial charge in [-0.05, 0) is 49.1 Å². The second-order valence-electron chi connectivity index (χ2n) is 10.9. The fourth-order valence-corrected chi connectivity index (χ4v) is 5.15. The molecular formula is C34H55N. The Bertz CT molecular complexity index is 717. The third-order valence-electron chi connectivity index (χ3n) is 7.64. The third-order valence-corrected chi connectivity index (χ3v) is 7.64. The molecule has 35 heavy (non-hydrogen) atoms. The Morgan fingerprint density at radius 2 is 0.800 bits per heavy atom. The van der Waals surface area contributed by atoms with Gasteiger partial charge in [-0.25, -0.2) is 0 Å². The zero-order chi connectivity index (χ0) is 25.0. The van der Waals surface area contributed by atoms with Gasteiger partial charge in [-0.15, -0.1) is 0 Å². The Hall–Kier alpha value is -1.60. The van der Waals surface area contributed by atoms with E-state index >= 15 is 0 Å². The van der Waals surface area contributed by atoms with Gasteiger partial charge in [-0.1, -0.05) is 152 Å². The average Bonchev–Trinajstić information content (AvgIpc) is 2.86. The normalized spacial score (nSPS) is 11.4. The van der Waals surface area contributed by atoms with E-state index in [4.69, 9.17) is 0 Å². The lowest BCUT2D eigenvalue weighted by Crippen LogP contribution is -2.25. The van der Waals surface area contributed by atoms with Gasteiger partial charge in [-0.3, -0.25) is 4.90 Å². The molecule has 0 aliphatic heterocycles. The average molecular weight is 478 g/mol. The molecule has 0 spiro atoms. The minimum atomic E-state index is 1.06. The molecule has 0 radical (unpaired) electrons. The standard InChI is InChI=1S/C34H55N/c1-4-5-6-7-8-9-10-11-12-13-14-15-16-17-18-23-28-35(29-33-26-21-19-24-31(33)2)30-34-27-22-20-25-32(34)3/h19-22,24-27H,4-18,23,28-30H2,1-3H3.